The highest BCUT2D eigenvalue weighted by Gasteiger charge is 2.24. The summed E-state index contributed by atoms with van der Waals surface area (Å²) in [5.74, 6) is -4.08. The second kappa shape index (κ2) is 7.14. The number of benzene rings is 2. The maximum absolute atomic E-state index is 14.1. The molecule has 0 aliphatic carbocycles. The van der Waals surface area contributed by atoms with Crippen LogP contribution in [-0.4, -0.2) is 23.7 Å². The van der Waals surface area contributed by atoms with Crippen molar-refractivity contribution in [1.82, 2.24) is 14.1 Å². The first-order valence-electron chi connectivity index (χ1n) is 6.92. The summed E-state index contributed by atoms with van der Waals surface area (Å²) < 4.78 is 62.3. The SMILES string of the molecule is O=C(NS(=O)(=O)c1ncsn1)c1cc(F)c(Oc2ccccc2)c(F)c1. The van der Waals surface area contributed by atoms with Gasteiger partial charge in [0.15, 0.2) is 17.4 Å². The number of rotatable bonds is 5. The van der Waals surface area contributed by atoms with E-state index < -0.39 is 44.0 Å². The van der Waals surface area contributed by atoms with Crippen LogP contribution in [0.15, 0.2) is 53.1 Å². The summed E-state index contributed by atoms with van der Waals surface area (Å²) in [5.41, 5.74) is 0.618. The monoisotopic (exact) mass is 397 g/mol. The molecule has 26 heavy (non-hydrogen) atoms. The molecule has 0 saturated carbocycles. The Morgan fingerprint density at radius 1 is 1.12 bits per heavy atom. The molecule has 0 saturated heterocycles. The van der Waals surface area contributed by atoms with E-state index in [4.69, 9.17) is 4.74 Å². The molecule has 0 atom stereocenters. The molecule has 3 aromatic rings. The lowest BCUT2D eigenvalue weighted by atomic mass is 10.2. The van der Waals surface area contributed by atoms with Gasteiger partial charge in [-0.3, -0.25) is 4.79 Å². The normalized spacial score (nSPS) is 11.2. The first kappa shape index (κ1) is 17.9. The Kier molecular flexibility index (Phi) is 4.91. The molecule has 0 spiro atoms. The fourth-order valence-electron chi connectivity index (χ4n) is 1.90. The zero-order chi connectivity index (χ0) is 18.7. The fourth-order valence-corrected chi connectivity index (χ4v) is 3.47. The van der Waals surface area contributed by atoms with Gasteiger partial charge in [0.2, 0.25) is 0 Å². The molecule has 1 amide bonds. The molecule has 0 aliphatic heterocycles. The van der Waals surface area contributed by atoms with Gasteiger partial charge in [0.25, 0.3) is 11.1 Å². The summed E-state index contributed by atoms with van der Waals surface area (Å²) in [5, 5.41) is -0.610. The lowest BCUT2D eigenvalue weighted by Gasteiger charge is -2.10. The summed E-state index contributed by atoms with van der Waals surface area (Å²) in [4.78, 5) is 15.5. The standard InChI is InChI=1S/C15H9F2N3O4S2/c16-11-6-9(14(21)20-26(22,23)15-18-8-25-19-15)7-12(17)13(11)24-10-4-2-1-3-5-10/h1-8H,(H,20,21). The fraction of sp³-hybridized carbons (Fsp3) is 0. The van der Waals surface area contributed by atoms with Crippen LogP contribution in [0.1, 0.15) is 10.4 Å². The summed E-state index contributed by atoms with van der Waals surface area (Å²) in [6.45, 7) is 0. The molecule has 0 fully saturated rings. The van der Waals surface area contributed by atoms with Gasteiger partial charge >= 0.3 is 10.0 Å². The minimum Gasteiger partial charge on any atom is -0.451 e. The van der Waals surface area contributed by atoms with Crippen LogP contribution in [0.3, 0.4) is 0 Å². The molecule has 11 heteroatoms. The predicted molar refractivity (Wildman–Crippen MR) is 87.4 cm³/mol. The number of nitrogens with one attached hydrogen (secondary N) is 1. The lowest BCUT2D eigenvalue weighted by molar-refractivity contribution is 0.0980. The Labute approximate surface area is 150 Å². The Morgan fingerprint density at radius 3 is 2.35 bits per heavy atom. The lowest BCUT2D eigenvalue weighted by Crippen LogP contribution is -2.31. The van der Waals surface area contributed by atoms with Crippen molar-refractivity contribution >= 4 is 27.5 Å². The predicted octanol–water partition coefficient (Wildman–Crippen LogP) is 2.73. The third-order valence-corrected chi connectivity index (χ3v) is 4.76. The van der Waals surface area contributed by atoms with Crippen LogP contribution in [0.4, 0.5) is 8.78 Å². The Morgan fingerprint density at radius 2 is 1.77 bits per heavy atom. The van der Waals surface area contributed by atoms with E-state index in [1.165, 1.54) is 12.1 Å². The molecular formula is C15H9F2N3O4S2. The number of nitrogens with zero attached hydrogens (tertiary/aromatic N) is 2. The largest absolute Gasteiger partial charge is 0.451 e. The van der Waals surface area contributed by atoms with Crippen LogP contribution in [0.2, 0.25) is 0 Å². The quantitative estimate of drug-likeness (QED) is 0.711. The van der Waals surface area contributed by atoms with Crippen molar-refractivity contribution < 1.29 is 26.7 Å². The van der Waals surface area contributed by atoms with Crippen molar-refractivity contribution in [3.8, 4) is 11.5 Å². The number of carbonyl (C=O) groups is 1. The molecule has 1 N–H and O–H groups in total. The van der Waals surface area contributed by atoms with E-state index in [2.05, 4.69) is 9.36 Å². The van der Waals surface area contributed by atoms with E-state index in [-0.39, 0.29) is 5.75 Å². The molecule has 134 valence electrons. The average Bonchev–Trinajstić information content (AvgIpc) is 3.14. The van der Waals surface area contributed by atoms with Crippen LogP contribution >= 0.6 is 11.5 Å². The summed E-state index contributed by atoms with van der Waals surface area (Å²) in [6, 6.07) is 9.25. The van der Waals surface area contributed by atoms with Crippen molar-refractivity contribution in [1.29, 1.82) is 0 Å². The third-order valence-electron chi connectivity index (χ3n) is 3.03. The molecule has 2 aromatic carbocycles. The maximum atomic E-state index is 14.1. The number of halogens is 2. The number of aromatic nitrogens is 2. The highest BCUT2D eigenvalue weighted by Crippen LogP contribution is 2.28. The van der Waals surface area contributed by atoms with Gasteiger partial charge in [-0.05, 0) is 35.8 Å². The van der Waals surface area contributed by atoms with E-state index in [1.807, 2.05) is 0 Å². The van der Waals surface area contributed by atoms with Crippen molar-refractivity contribution in [3.05, 3.63) is 65.2 Å². The number of sulfonamides is 1. The smallest absolute Gasteiger partial charge is 0.301 e. The number of para-hydroxylation sites is 1. The molecule has 3 rings (SSSR count). The zero-order valence-corrected chi connectivity index (χ0v) is 14.4. The zero-order valence-electron chi connectivity index (χ0n) is 12.7. The minimum atomic E-state index is -4.34. The van der Waals surface area contributed by atoms with Gasteiger partial charge in [-0.25, -0.2) is 18.5 Å². The third kappa shape index (κ3) is 3.83. The first-order chi connectivity index (χ1) is 12.4. The molecule has 1 heterocycles. The van der Waals surface area contributed by atoms with Gasteiger partial charge in [-0.1, -0.05) is 18.2 Å². The average molecular weight is 397 g/mol. The second-order valence-electron chi connectivity index (χ2n) is 4.83. The number of hydrogen-bond donors (Lipinski definition) is 1. The maximum Gasteiger partial charge on any atom is 0.301 e. The van der Waals surface area contributed by atoms with Crippen LogP contribution in [0, 0.1) is 11.6 Å². The second-order valence-corrected chi connectivity index (χ2v) is 7.01. The van der Waals surface area contributed by atoms with Crippen molar-refractivity contribution in [2.75, 3.05) is 0 Å². The van der Waals surface area contributed by atoms with E-state index >= 15 is 0 Å². The highest BCUT2D eigenvalue weighted by molar-refractivity contribution is 7.90. The number of ether oxygens (including phenoxy) is 1. The van der Waals surface area contributed by atoms with E-state index in [9.17, 15) is 22.0 Å². The van der Waals surface area contributed by atoms with E-state index in [0.29, 0.717) is 12.1 Å². The molecule has 7 nitrogen and oxygen atoms in total. The molecule has 0 unspecified atom stereocenters. The summed E-state index contributed by atoms with van der Waals surface area (Å²) in [6.07, 6.45) is 0. The Hall–Kier alpha value is -2.92. The topological polar surface area (TPSA) is 98.2 Å². The molecule has 1 aromatic heterocycles. The van der Waals surface area contributed by atoms with Gasteiger partial charge in [0.05, 0.1) is 0 Å². The Balaban J connectivity index is 1.84. The number of hydrogen-bond acceptors (Lipinski definition) is 7. The summed E-state index contributed by atoms with van der Waals surface area (Å²) >= 11 is 0.769. The van der Waals surface area contributed by atoms with Crippen molar-refractivity contribution in [3.63, 3.8) is 0 Å². The van der Waals surface area contributed by atoms with Gasteiger partial charge in [0.1, 0.15) is 11.3 Å². The van der Waals surface area contributed by atoms with Crippen LogP contribution < -0.4 is 9.46 Å². The van der Waals surface area contributed by atoms with E-state index in [1.54, 1.807) is 22.9 Å². The van der Waals surface area contributed by atoms with Crippen LogP contribution in [-0.2, 0) is 10.0 Å². The molecule has 0 bridgehead atoms. The summed E-state index contributed by atoms with van der Waals surface area (Å²) in [7, 11) is -4.34. The molecule has 0 aliphatic rings. The Bertz CT molecular complexity index is 1020. The molecule has 0 radical (unpaired) electrons. The van der Waals surface area contributed by atoms with Crippen molar-refractivity contribution in [2.45, 2.75) is 5.16 Å². The highest BCUT2D eigenvalue weighted by atomic mass is 32.2. The van der Waals surface area contributed by atoms with Gasteiger partial charge < -0.3 is 4.74 Å². The first-order valence-corrected chi connectivity index (χ1v) is 9.24. The van der Waals surface area contributed by atoms with Crippen LogP contribution in [0.25, 0.3) is 0 Å². The van der Waals surface area contributed by atoms with Crippen LogP contribution in [0.5, 0.6) is 11.5 Å². The van der Waals surface area contributed by atoms with Gasteiger partial charge in [-0.15, -0.1) is 0 Å². The van der Waals surface area contributed by atoms with Crippen molar-refractivity contribution in [2.24, 2.45) is 0 Å². The number of carbonyl (C=O) groups excluding carboxylic acids is 1. The number of amides is 1. The van der Waals surface area contributed by atoms with E-state index in [0.717, 1.165) is 17.0 Å². The van der Waals surface area contributed by atoms with Gasteiger partial charge in [-0.2, -0.15) is 12.8 Å². The minimum absolute atomic E-state index is 0.194. The molecular weight excluding hydrogens is 388 g/mol. The van der Waals surface area contributed by atoms with Gasteiger partial charge in [0, 0.05) is 5.56 Å².